The van der Waals surface area contributed by atoms with Crippen LogP contribution in [0.5, 0.6) is 11.5 Å². The number of anilines is 1. The Morgan fingerprint density at radius 2 is 1.93 bits per heavy atom. The standard InChI is InChI=1S/C23H24N2O3S/c1-3-4-13-28-17-8-5-15(6-9-17)22(26)25-23-24-21-19-11-10-18(27-2)14-16(19)7-12-20(21)29-23/h5-6,8-11,14H,3-4,7,12-13H2,1-2H3,(H,24,25,26). The highest BCUT2D eigenvalue weighted by molar-refractivity contribution is 7.16. The average molecular weight is 409 g/mol. The van der Waals surface area contributed by atoms with Crippen molar-refractivity contribution in [3.05, 3.63) is 58.5 Å². The number of benzene rings is 2. The molecule has 0 bridgehead atoms. The van der Waals surface area contributed by atoms with Crippen LogP contribution in [0.4, 0.5) is 5.13 Å². The minimum Gasteiger partial charge on any atom is -0.497 e. The van der Waals surface area contributed by atoms with Crippen LogP contribution in [0.15, 0.2) is 42.5 Å². The highest BCUT2D eigenvalue weighted by Crippen LogP contribution is 2.39. The molecule has 1 N–H and O–H groups in total. The second-order valence-electron chi connectivity index (χ2n) is 6.99. The van der Waals surface area contributed by atoms with Gasteiger partial charge in [0.15, 0.2) is 5.13 Å². The molecule has 0 unspecified atom stereocenters. The lowest BCUT2D eigenvalue weighted by molar-refractivity contribution is 0.102. The van der Waals surface area contributed by atoms with Crippen LogP contribution in [0.2, 0.25) is 0 Å². The molecule has 0 saturated carbocycles. The Hall–Kier alpha value is -2.86. The summed E-state index contributed by atoms with van der Waals surface area (Å²) < 4.78 is 11.0. The third kappa shape index (κ3) is 4.27. The van der Waals surface area contributed by atoms with E-state index in [0.717, 1.165) is 48.4 Å². The number of nitrogens with zero attached hydrogens (tertiary/aromatic N) is 1. The molecule has 0 fully saturated rings. The minimum absolute atomic E-state index is 0.161. The Labute approximate surface area is 174 Å². The van der Waals surface area contributed by atoms with E-state index in [9.17, 15) is 4.79 Å². The molecule has 4 rings (SSSR count). The first-order valence-corrected chi connectivity index (χ1v) is 10.7. The molecule has 150 valence electrons. The van der Waals surface area contributed by atoms with Gasteiger partial charge >= 0.3 is 0 Å². The quantitative estimate of drug-likeness (QED) is 0.536. The second-order valence-corrected chi connectivity index (χ2v) is 8.08. The van der Waals surface area contributed by atoms with Gasteiger partial charge in [-0.1, -0.05) is 13.3 Å². The van der Waals surface area contributed by atoms with Gasteiger partial charge in [0.2, 0.25) is 0 Å². The highest BCUT2D eigenvalue weighted by Gasteiger charge is 2.22. The maximum atomic E-state index is 12.6. The van der Waals surface area contributed by atoms with Crippen LogP contribution in [0.25, 0.3) is 11.3 Å². The smallest absolute Gasteiger partial charge is 0.257 e. The van der Waals surface area contributed by atoms with Crippen molar-refractivity contribution >= 4 is 22.4 Å². The Balaban J connectivity index is 1.47. The zero-order valence-electron chi connectivity index (χ0n) is 16.7. The van der Waals surface area contributed by atoms with Gasteiger partial charge in [0.05, 0.1) is 19.4 Å². The molecule has 0 saturated heterocycles. The molecule has 0 aliphatic heterocycles. The van der Waals surface area contributed by atoms with E-state index in [1.54, 1.807) is 30.6 Å². The number of carbonyl (C=O) groups is 1. The fraction of sp³-hybridized carbons (Fsp3) is 0.304. The lowest BCUT2D eigenvalue weighted by atomic mass is 9.93. The van der Waals surface area contributed by atoms with E-state index in [0.29, 0.717) is 17.3 Å². The van der Waals surface area contributed by atoms with E-state index in [-0.39, 0.29) is 5.91 Å². The number of rotatable bonds is 7. The van der Waals surface area contributed by atoms with E-state index < -0.39 is 0 Å². The van der Waals surface area contributed by atoms with Crippen molar-refractivity contribution in [2.24, 2.45) is 0 Å². The van der Waals surface area contributed by atoms with Gasteiger partial charge in [0.1, 0.15) is 11.5 Å². The summed E-state index contributed by atoms with van der Waals surface area (Å²) in [7, 11) is 1.68. The van der Waals surface area contributed by atoms with Crippen LogP contribution in [-0.4, -0.2) is 24.6 Å². The molecule has 1 aliphatic carbocycles. The van der Waals surface area contributed by atoms with Gasteiger partial charge in [-0.2, -0.15) is 0 Å². The van der Waals surface area contributed by atoms with Crippen LogP contribution < -0.4 is 14.8 Å². The molecule has 0 atom stereocenters. The normalized spacial score (nSPS) is 12.1. The van der Waals surface area contributed by atoms with E-state index in [2.05, 4.69) is 24.4 Å². The van der Waals surface area contributed by atoms with Crippen molar-refractivity contribution in [2.45, 2.75) is 32.6 Å². The largest absolute Gasteiger partial charge is 0.497 e. The number of carbonyl (C=O) groups excluding carboxylic acids is 1. The Kier molecular flexibility index (Phi) is 5.81. The third-order valence-corrected chi connectivity index (χ3v) is 6.02. The number of methoxy groups -OCH3 is 1. The summed E-state index contributed by atoms with van der Waals surface area (Å²) in [5, 5.41) is 3.57. The van der Waals surface area contributed by atoms with Gasteiger partial charge in [0.25, 0.3) is 5.91 Å². The summed E-state index contributed by atoms with van der Waals surface area (Å²) in [6.07, 6.45) is 3.99. The van der Waals surface area contributed by atoms with E-state index in [4.69, 9.17) is 14.5 Å². The molecule has 1 aliphatic rings. The van der Waals surface area contributed by atoms with Crippen molar-refractivity contribution in [3.8, 4) is 22.8 Å². The number of amides is 1. The Bertz CT molecular complexity index is 1010. The number of ether oxygens (including phenoxy) is 2. The molecule has 0 spiro atoms. The number of unbranched alkanes of at least 4 members (excludes halogenated alkanes) is 1. The third-order valence-electron chi connectivity index (χ3n) is 4.99. The maximum absolute atomic E-state index is 12.6. The fourth-order valence-electron chi connectivity index (χ4n) is 3.37. The zero-order chi connectivity index (χ0) is 20.2. The van der Waals surface area contributed by atoms with Crippen molar-refractivity contribution in [2.75, 3.05) is 19.0 Å². The van der Waals surface area contributed by atoms with Gasteiger partial charge < -0.3 is 9.47 Å². The predicted molar refractivity (Wildman–Crippen MR) is 116 cm³/mol. The first kappa shape index (κ1) is 19.5. The topological polar surface area (TPSA) is 60.5 Å². The van der Waals surface area contributed by atoms with Crippen molar-refractivity contribution in [1.29, 1.82) is 0 Å². The van der Waals surface area contributed by atoms with E-state index >= 15 is 0 Å². The summed E-state index contributed by atoms with van der Waals surface area (Å²) in [6.45, 7) is 2.82. The second kappa shape index (κ2) is 8.66. The van der Waals surface area contributed by atoms with Gasteiger partial charge in [0, 0.05) is 16.0 Å². The fourth-order valence-corrected chi connectivity index (χ4v) is 4.34. The summed E-state index contributed by atoms with van der Waals surface area (Å²) in [5.74, 6) is 1.48. The maximum Gasteiger partial charge on any atom is 0.257 e. The van der Waals surface area contributed by atoms with Gasteiger partial charge in [-0.05, 0) is 67.3 Å². The van der Waals surface area contributed by atoms with Crippen LogP contribution >= 0.6 is 11.3 Å². The van der Waals surface area contributed by atoms with E-state index in [1.165, 1.54) is 10.4 Å². The summed E-state index contributed by atoms with van der Waals surface area (Å²) >= 11 is 1.55. The molecule has 1 aromatic heterocycles. The summed E-state index contributed by atoms with van der Waals surface area (Å²) in [6, 6.07) is 13.3. The molecule has 29 heavy (non-hydrogen) atoms. The van der Waals surface area contributed by atoms with E-state index in [1.807, 2.05) is 18.2 Å². The van der Waals surface area contributed by atoms with Gasteiger partial charge in [-0.25, -0.2) is 4.98 Å². The SMILES string of the molecule is CCCCOc1ccc(C(=O)Nc2nc3c(s2)CCc2cc(OC)ccc2-3)cc1. The minimum atomic E-state index is -0.161. The van der Waals surface area contributed by atoms with Crippen molar-refractivity contribution in [1.82, 2.24) is 4.98 Å². The van der Waals surface area contributed by atoms with Crippen LogP contribution in [0.3, 0.4) is 0 Å². The molecular formula is C23H24N2O3S. The van der Waals surface area contributed by atoms with Crippen molar-refractivity contribution in [3.63, 3.8) is 0 Å². The molecule has 3 aromatic rings. The van der Waals surface area contributed by atoms with Gasteiger partial charge in [-0.3, -0.25) is 10.1 Å². The monoisotopic (exact) mass is 408 g/mol. The Morgan fingerprint density at radius 1 is 1.14 bits per heavy atom. The number of thiazole rings is 1. The first-order chi connectivity index (χ1) is 14.2. The molecular weight excluding hydrogens is 384 g/mol. The highest BCUT2D eigenvalue weighted by atomic mass is 32.1. The number of hydrogen-bond donors (Lipinski definition) is 1. The molecule has 0 radical (unpaired) electrons. The summed E-state index contributed by atoms with van der Waals surface area (Å²) in [4.78, 5) is 18.5. The first-order valence-electron chi connectivity index (χ1n) is 9.89. The number of aryl methyl sites for hydroxylation is 2. The summed E-state index contributed by atoms with van der Waals surface area (Å²) in [5.41, 5.74) is 3.91. The molecule has 5 nitrogen and oxygen atoms in total. The number of nitrogens with one attached hydrogen (secondary N) is 1. The van der Waals surface area contributed by atoms with Crippen LogP contribution in [-0.2, 0) is 12.8 Å². The van der Waals surface area contributed by atoms with Gasteiger partial charge in [-0.15, -0.1) is 11.3 Å². The molecule has 1 amide bonds. The number of hydrogen-bond acceptors (Lipinski definition) is 5. The van der Waals surface area contributed by atoms with Crippen molar-refractivity contribution < 1.29 is 14.3 Å². The van der Waals surface area contributed by atoms with Crippen LogP contribution in [0.1, 0.15) is 40.6 Å². The number of fused-ring (bicyclic) bond motifs is 3. The predicted octanol–water partition coefficient (Wildman–Crippen LogP) is 5.35. The van der Waals surface area contributed by atoms with Crippen LogP contribution in [0, 0.1) is 0 Å². The molecule has 1 heterocycles. The number of aromatic nitrogens is 1. The average Bonchev–Trinajstić information content (AvgIpc) is 3.16. The lowest BCUT2D eigenvalue weighted by Crippen LogP contribution is -2.11. The lowest BCUT2D eigenvalue weighted by Gasteiger charge is -2.15. The Morgan fingerprint density at radius 3 is 2.69 bits per heavy atom. The molecule has 6 heteroatoms. The molecule has 2 aromatic carbocycles. The zero-order valence-corrected chi connectivity index (χ0v) is 17.5.